The van der Waals surface area contributed by atoms with Crippen molar-refractivity contribution in [1.29, 1.82) is 0 Å². The van der Waals surface area contributed by atoms with Crippen molar-refractivity contribution in [3.8, 4) is 0 Å². The minimum Gasteiger partial charge on any atom is -0.481 e. The highest BCUT2D eigenvalue weighted by Crippen LogP contribution is 2.24. The molecular formula is C11H12N2O3. The van der Waals surface area contributed by atoms with Crippen molar-refractivity contribution in [2.24, 2.45) is 11.7 Å². The van der Waals surface area contributed by atoms with Gasteiger partial charge in [0.2, 0.25) is 5.91 Å². The summed E-state index contributed by atoms with van der Waals surface area (Å²) in [7, 11) is 0. The van der Waals surface area contributed by atoms with Crippen LogP contribution in [0.3, 0.4) is 0 Å². The molecule has 1 aromatic carbocycles. The molecule has 1 amide bonds. The number of carbonyl (C=O) groups excluding carboxylic acids is 1. The maximum atomic E-state index is 11.8. The minimum absolute atomic E-state index is 0.138. The first-order chi connectivity index (χ1) is 7.61. The third kappa shape index (κ3) is 1.65. The topological polar surface area (TPSA) is 83.6 Å². The Morgan fingerprint density at radius 1 is 1.38 bits per heavy atom. The lowest BCUT2D eigenvalue weighted by molar-refractivity contribution is -0.142. The third-order valence-corrected chi connectivity index (χ3v) is 2.75. The highest BCUT2D eigenvalue weighted by molar-refractivity contribution is 6.03. The summed E-state index contributed by atoms with van der Waals surface area (Å²) >= 11 is 0. The molecule has 0 saturated carbocycles. The van der Waals surface area contributed by atoms with E-state index in [0.29, 0.717) is 5.69 Å². The summed E-state index contributed by atoms with van der Waals surface area (Å²) < 4.78 is 0. The zero-order valence-corrected chi connectivity index (χ0v) is 8.54. The van der Waals surface area contributed by atoms with Crippen LogP contribution in [-0.4, -0.2) is 29.6 Å². The number of nitrogens with zero attached hydrogens (tertiary/aromatic N) is 1. The molecule has 0 unspecified atom stereocenters. The molecule has 16 heavy (non-hydrogen) atoms. The van der Waals surface area contributed by atoms with Crippen LogP contribution < -0.4 is 10.6 Å². The molecule has 1 aliphatic rings. The molecule has 5 nitrogen and oxygen atoms in total. The van der Waals surface area contributed by atoms with Crippen molar-refractivity contribution in [2.75, 3.05) is 11.4 Å². The van der Waals surface area contributed by atoms with E-state index in [1.807, 2.05) is 6.07 Å². The fourth-order valence-corrected chi connectivity index (χ4v) is 1.82. The molecule has 1 heterocycles. The van der Waals surface area contributed by atoms with Crippen molar-refractivity contribution in [2.45, 2.75) is 6.04 Å². The van der Waals surface area contributed by atoms with Gasteiger partial charge in [0, 0.05) is 12.2 Å². The predicted molar refractivity (Wildman–Crippen MR) is 57.9 cm³/mol. The van der Waals surface area contributed by atoms with E-state index >= 15 is 0 Å². The van der Waals surface area contributed by atoms with E-state index in [0.717, 1.165) is 0 Å². The van der Waals surface area contributed by atoms with E-state index in [4.69, 9.17) is 10.8 Å². The van der Waals surface area contributed by atoms with Crippen LogP contribution >= 0.6 is 0 Å². The fraction of sp³-hybridized carbons (Fsp3) is 0.273. The second-order valence-electron chi connectivity index (χ2n) is 3.75. The van der Waals surface area contributed by atoms with E-state index in [-0.39, 0.29) is 12.5 Å². The molecule has 0 aliphatic carbocycles. The van der Waals surface area contributed by atoms with Crippen LogP contribution in [0.15, 0.2) is 30.3 Å². The lowest BCUT2D eigenvalue weighted by atomic mass is 10.1. The summed E-state index contributed by atoms with van der Waals surface area (Å²) in [6, 6.07) is 7.99. The molecule has 1 aromatic rings. The number of para-hydroxylation sites is 1. The molecule has 1 saturated heterocycles. The van der Waals surface area contributed by atoms with E-state index in [1.165, 1.54) is 4.90 Å². The van der Waals surface area contributed by atoms with Gasteiger partial charge in [0.1, 0.15) is 0 Å². The van der Waals surface area contributed by atoms with Crippen LogP contribution in [0.4, 0.5) is 5.69 Å². The standard InChI is InChI=1S/C11H12N2O3/c12-9-8(11(15)16)6-13(10(9)14)7-4-2-1-3-5-7/h1-5,8-9H,6,12H2,(H,15,16)/t8-,9-/m0/s1. The molecule has 84 valence electrons. The number of aliphatic carboxylic acids is 1. The number of nitrogens with two attached hydrogens (primary N) is 1. The van der Waals surface area contributed by atoms with Crippen LogP contribution in [0, 0.1) is 5.92 Å². The number of hydrogen-bond acceptors (Lipinski definition) is 3. The number of rotatable bonds is 2. The van der Waals surface area contributed by atoms with E-state index in [1.54, 1.807) is 24.3 Å². The molecule has 0 radical (unpaired) electrons. The Labute approximate surface area is 92.5 Å². The molecule has 0 aromatic heterocycles. The summed E-state index contributed by atoms with van der Waals surface area (Å²) in [6.45, 7) is 0.138. The van der Waals surface area contributed by atoms with Gasteiger partial charge in [-0.2, -0.15) is 0 Å². The monoisotopic (exact) mass is 220 g/mol. The molecule has 0 spiro atoms. The minimum atomic E-state index is -1.03. The summed E-state index contributed by atoms with van der Waals surface area (Å²) in [4.78, 5) is 24.1. The van der Waals surface area contributed by atoms with Crippen LogP contribution in [0.25, 0.3) is 0 Å². The number of benzene rings is 1. The van der Waals surface area contributed by atoms with Gasteiger partial charge >= 0.3 is 5.97 Å². The number of amides is 1. The largest absolute Gasteiger partial charge is 0.481 e. The average Bonchev–Trinajstić information content (AvgIpc) is 2.58. The number of carboxylic acids is 1. The first-order valence-corrected chi connectivity index (χ1v) is 4.96. The van der Waals surface area contributed by atoms with E-state index in [9.17, 15) is 9.59 Å². The molecule has 1 aliphatic heterocycles. The Morgan fingerprint density at radius 2 is 2.00 bits per heavy atom. The van der Waals surface area contributed by atoms with Crippen molar-refractivity contribution in [1.82, 2.24) is 0 Å². The Hall–Kier alpha value is -1.88. The highest BCUT2D eigenvalue weighted by atomic mass is 16.4. The molecular weight excluding hydrogens is 208 g/mol. The van der Waals surface area contributed by atoms with Gasteiger partial charge in [-0.25, -0.2) is 0 Å². The quantitative estimate of drug-likeness (QED) is 0.738. The van der Waals surface area contributed by atoms with Gasteiger partial charge in [-0.3, -0.25) is 9.59 Å². The van der Waals surface area contributed by atoms with Gasteiger partial charge in [-0.05, 0) is 12.1 Å². The van der Waals surface area contributed by atoms with Gasteiger partial charge in [0.05, 0.1) is 12.0 Å². The second-order valence-corrected chi connectivity index (χ2v) is 3.75. The van der Waals surface area contributed by atoms with Crippen LogP contribution in [0.1, 0.15) is 0 Å². The lowest BCUT2D eigenvalue weighted by Crippen LogP contribution is -2.38. The zero-order valence-electron chi connectivity index (χ0n) is 8.54. The van der Waals surface area contributed by atoms with E-state index in [2.05, 4.69) is 0 Å². The maximum absolute atomic E-state index is 11.8. The summed E-state index contributed by atoms with van der Waals surface area (Å²) in [6.07, 6.45) is 0. The normalized spacial score (nSPS) is 24.8. The fourth-order valence-electron chi connectivity index (χ4n) is 1.82. The Morgan fingerprint density at radius 3 is 2.50 bits per heavy atom. The summed E-state index contributed by atoms with van der Waals surface area (Å²) in [5.74, 6) is -2.19. The number of carbonyl (C=O) groups is 2. The number of hydrogen-bond donors (Lipinski definition) is 2. The van der Waals surface area contributed by atoms with Crippen LogP contribution in [0.2, 0.25) is 0 Å². The Bertz CT molecular complexity index is 418. The molecule has 0 bridgehead atoms. The second kappa shape index (κ2) is 3.94. The van der Waals surface area contributed by atoms with Crippen molar-refractivity contribution in [3.05, 3.63) is 30.3 Å². The molecule has 5 heteroatoms. The third-order valence-electron chi connectivity index (χ3n) is 2.75. The lowest BCUT2D eigenvalue weighted by Gasteiger charge is -2.15. The van der Waals surface area contributed by atoms with Crippen molar-refractivity contribution in [3.63, 3.8) is 0 Å². The smallest absolute Gasteiger partial charge is 0.310 e. The Balaban J connectivity index is 2.26. The number of anilines is 1. The van der Waals surface area contributed by atoms with Gasteiger partial charge < -0.3 is 15.7 Å². The van der Waals surface area contributed by atoms with Crippen LogP contribution in [-0.2, 0) is 9.59 Å². The van der Waals surface area contributed by atoms with Crippen LogP contribution in [0.5, 0.6) is 0 Å². The predicted octanol–water partition coefficient (Wildman–Crippen LogP) is 0.0613. The van der Waals surface area contributed by atoms with Gasteiger partial charge in [0.25, 0.3) is 0 Å². The molecule has 2 rings (SSSR count). The molecule has 3 N–H and O–H groups in total. The first kappa shape index (κ1) is 10.6. The summed E-state index contributed by atoms with van der Waals surface area (Å²) in [5, 5.41) is 8.91. The van der Waals surface area contributed by atoms with Gasteiger partial charge in [-0.1, -0.05) is 18.2 Å². The van der Waals surface area contributed by atoms with E-state index < -0.39 is 17.9 Å². The Kier molecular flexibility index (Phi) is 2.62. The SMILES string of the molecule is N[C@@H]1C(=O)N(c2ccccc2)C[C@@H]1C(=O)O. The van der Waals surface area contributed by atoms with Crippen molar-refractivity contribution < 1.29 is 14.7 Å². The van der Waals surface area contributed by atoms with Crippen molar-refractivity contribution >= 4 is 17.6 Å². The molecule has 1 fully saturated rings. The zero-order chi connectivity index (χ0) is 11.7. The average molecular weight is 220 g/mol. The van der Waals surface area contributed by atoms with Gasteiger partial charge in [0.15, 0.2) is 0 Å². The summed E-state index contributed by atoms with van der Waals surface area (Å²) in [5.41, 5.74) is 6.27. The first-order valence-electron chi connectivity index (χ1n) is 4.96. The maximum Gasteiger partial charge on any atom is 0.310 e. The highest BCUT2D eigenvalue weighted by Gasteiger charge is 2.42. The van der Waals surface area contributed by atoms with Gasteiger partial charge in [-0.15, -0.1) is 0 Å². The number of carboxylic acid groups (broad SMARTS) is 1. The molecule has 2 atom stereocenters.